The first-order valence-corrected chi connectivity index (χ1v) is 12.1. The number of fused-ring (bicyclic) bond motifs is 3. The van der Waals surface area contributed by atoms with Gasteiger partial charge in [-0.2, -0.15) is 13.2 Å². The van der Waals surface area contributed by atoms with Crippen molar-refractivity contribution in [2.24, 2.45) is 5.41 Å². The van der Waals surface area contributed by atoms with Crippen molar-refractivity contribution in [3.63, 3.8) is 0 Å². The van der Waals surface area contributed by atoms with Crippen LogP contribution in [0.2, 0.25) is 0 Å². The van der Waals surface area contributed by atoms with Gasteiger partial charge < -0.3 is 4.90 Å². The highest BCUT2D eigenvalue weighted by molar-refractivity contribution is 9.10. The van der Waals surface area contributed by atoms with Crippen molar-refractivity contribution in [1.82, 2.24) is 4.98 Å². The SMILES string of the molecule is O=C(CCCF)N(CC12CCC(c3ccc(C(F)(F)F)cn3)(CC1)CC2)c1cccc(Br)c1. The lowest BCUT2D eigenvalue weighted by atomic mass is 9.52. The van der Waals surface area contributed by atoms with Gasteiger partial charge in [-0.05, 0) is 80.7 Å². The minimum atomic E-state index is -4.39. The topological polar surface area (TPSA) is 33.2 Å². The average molecular weight is 527 g/mol. The Balaban J connectivity index is 1.51. The van der Waals surface area contributed by atoms with E-state index in [1.807, 2.05) is 24.3 Å². The molecule has 0 radical (unpaired) electrons. The fraction of sp³-hybridized carbons (Fsp3) is 0.520. The third-order valence-corrected chi connectivity index (χ3v) is 7.97. The number of aromatic nitrogens is 1. The van der Waals surface area contributed by atoms with Gasteiger partial charge in [0.2, 0.25) is 5.91 Å². The molecule has 1 aromatic carbocycles. The second-order valence-corrected chi connectivity index (χ2v) is 10.4. The molecule has 5 rings (SSSR count). The molecular formula is C25H27BrF4N2O. The summed E-state index contributed by atoms with van der Waals surface area (Å²) in [5, 5.41) is 0. The van der Waals surface area contributed by atoms with Crippen molar-refractivity contribution in [2.75, 3.05) is 18.1 Å². The van der Waals surface area contributed by atoms with Crippen molar-refractivity contribution < 1.29 is 22.4 Å². The molecule has 0 unspecified atom stereocenters. The van der Waals surface area contributed by atoms with Gasteiger partial charge in [0, 0.05) is 40.4 Å². The van der Waals surface area contributed by atoms with Gasteiger partial charge in [-0.15, -0.1) is 0 Å². The van der Waals surface area contributed by atoms with E-state index in [1.54, 1.807) is 4.90 Å². The first kappa shape index (κ1) is 24.2. The Morgan fingerprint density at radius 2 is 1.76 bits per heavy atom. The van der Waals surface area contributed by atoms with Crippen molar-refractivity contribution in [3.05, 3.63) is 58.3 Å². The first-order valence-electron chi connectivity index (χ1n) is 11.3. The van der Waals surface area contributed by atoms with Crippen LogP contribution in [0.5, 0.6) is 0 Å². The van der Waals surface area contributed by atoms with Crippen LogP contribution in [-0.2, 0) is 16.4 Å². The highest BCUT2D eigenvalue weighted by Gasteiger charge is 2.51. The van der Waals surface area contributed by atoms with E-state index in [4.69, 9.17) is 0 Å². The molecule has 2 aromatic rings. The maximum atomic E-state index is 13.0. The van der Waals surface area contributed by atoms with Crippen LogP contribution >= 0.6 is 15.9 Å². The Hall–Kier alpha value is -1.96. The number of carbonyl (C=O) groups excluding carboxylic acids is 1. The predicted molar refractivity (Wildman–Crippen MR) is 123 cm³/mol. The molecule has 3 fully saturated rings. The van der Waals surface area contributed by atoms with Crippen LogP contribution < -0.4 is 4.90 Å². The zero-order valence-corrected chi connectivity index (χ0v) is 19.9. The summed E-state index contributed by atoms with van der Waals surface area (Å²) in [6, 6.07) is 10.3. The maximum absolute atomic E-state index is 13.0. The van der Waals surface area contributed by atoms with E-state index in [9.17, 15) is 22.4 Å². The van der Waals surface area contributed by atoms with Gasteiger partial charge in [0.25, 0.3) is 0 Å². The van der Waals surface area contributed by atoms with E-state index in [1.165, 1.54) is 6.07 Å². The fourth-order valence-electron chi connectivity index (χ4n) is 5.42. The van der Waals surface area contributed by atoms with Gasteiger partial charge in [-0.3, -0.25) is 14.2 Å². The molecule has 8 heteroatoms. The molecule has 1 aromatic heterocycles. The average Bonchev–Trinajstić information content (AvgIpc) is 2.82. The Kier molecular flexibility index (Phi) is 6.85. The standard InChI is InChI=1S/C25H27BrF4N2O/c26-19-3-1-4-20(15-19)32(22(33)5-2-14-27)17-23-8-11-24(12-9-23,13-10-23)21-7-6-18(16-31-21)25(28,29)30/h1,3-4,6-7,15-16H,2,5,8-14,17H2. The van der Waals surface area contributed by atoms with Gasteiger partial charge in [-0.25, -0.2) is 0 Å². The summed E-state index contributed by atoms with van der Waals surface area (Å²) in [7, 11) is 0. The number of hydrogen-bond acceptors (Lipinski definition) is 2. The largest absolute Gasteiger partial charge is 0.417 e. The van der Waals surface area contributed by atoms with E-state index < -0.39 is 18.4 Å². The third kappa shape index (κ3) is 5.10. The number of rotatable bonds is 7. The fourth-order valence-corrected chi connectivity index (χ4v) is 5.80. The van der Waals surface area contributed by atoms with Crippen LogP contribution in [0.25, 0.3) is 0 Å². The lowest BCUT2D eigenvalue weighted by Gasteiger charge is -2.54. The summed E-state index contributed by atoms with van der Waals surface area (Å²) in [5.74, 6) is -0.0769. The Bertz CT molecular complexity index is 968. The summed E-state index contributed by atoms with van der Waals surface area (Å²) in [6.07, 6.45) is 2.12. The molecule has 2 bridgehead atoms. The van der Waals surface area contributed by atoms with Crippen LogP contribution in [0.3, 0.4) is 0 Å². The van der Waals surface area contributed by atoms with E-state index in [0.29, 0.717) is 6.54 Å². The first-order chi connectivity index (χ1) is 15.7. The molecule has 3 saturated carbocycles. The number of hydrogen-bond donors (Lipinski definition) is 0. The molecule has 3 nitrogen and oxygen atoms in total. The van der Waals surface area contributed by atoms with Crippen LogP contribution in [0.15, 0.2) is 47.1 Å². The number of benzene rings is 1. The summed E-state index contributed by atoms with van der Waals surface area (Å²) < 4.78 is 52.4. The molecule has 0 saturated heterocycles. The monoisotopic (exact) mass is 526 g/mol. The molecule has 178 valence electrons. The molecule has 33 heavy (non-hydrogen) atoms. The summed E-state index contributed by atoms with van der Waals surface area (Å²) in [6.45, 7) is 0.0525. The molecule has 0 aliphatic heterocycles. The number of carbonyl (C=O) groups is 1. The van der Waals surface area contributed by atoms with Gasteiger partial charge >= 0.3 is 6.18 Å². The van der Waals surface area contributed by atoms with Crippen LogP contribution in [0.4, 0.5) is 23.2 Å². The highest BCUT2D eigenvalue weighted by Crippen LogP contribution is 2.58. The number of nitrogens with zero attached hydrogens (tertiary/aromatic N) is 2. The summed E-state index contributed by atoms with van der Waals surface area (Å²) in [4.78, 5) is 19.0. The quantitative estimate of drug-likeness (QED) is 0.356. The maximum Gasteiger partial charge on any atom is 0.417 e. The number of amides is 1. The van der Waals surface area contributed by atoms with Crippen molar-refractivity contribution in [1.29, 1.82) is 0 Å². The lowest BCUT2D eigenvalue weighted by molar-refractivity contribution is -0.137. The Morgan fingerprint density at radius 3 is 2.30 bits per heavy atom. The van der Waals surface area contributed by atoms with Crippen LogP contribution in [-0.4, -0.2) is 24.1 Å². The lowest BCUT2D eigenvalue weighted by Crippen LogP contribution is -2.51. The van der Waals surface area contributed by atoms with Crippen LogP contribution in [0.1, 0.15) is 62.6 Å². The van der Waals surface area contributed by atoms with Gasteiger partial charge in [-0.1, -0.05) is 22.0 Å². The van der Waals surface area contributed by atoms with Crippen molar-refractivity contribution in [3.8, 4) is 0 Å². The molecule has 0 atom stereocenters. The van der Waals surface area contributed by atoms with Gasteiger partial charge in [0.15, 0.2) is 0 Å². The molecule has 0 N–H and O–H groups in total. The molecular weight excluding hydrogens is 500 g/mol. The molecule has 1 amide bonds. The van der Waals surface area contributed by atoms with Crippen molar-refractivity contribution in [2.45, 2.75) is 63.0 Å². The molecule has 3 aliphatic carbocycles. The predicted octanol–water partition coefficient (Wildman–Crippen LogP) is 7.24. The minimum Gasteiger partial charge on any atom is -0.312 e. The van der Waals surface area contributed by atoms with Gasteiger partial charge in [0.05, 0.1) is 12.2 Å². The second kappa shape index (κ2) is 9.35. The number of anilines is 1. The third-order valence-electron chi connectivity index (χ3n) is 7.47. The second-order valence-electron chi connectivity index (χ2n) is 9.46. The van der Waals surface area contributed by atoms with E-state index >= 15 is 0 Å². The van der Waals surface area contributed by atoms with E-state index in [-0.39, 0.29) is 29.6 Å². The highest BCUT2D eigenvalue weighted by atomic mass is 79.9. The molecule has 3 aliphatic rings. The Morgan fingerprint density at radius 1 is 1.06 bits per heavy atom. The minimum absolute atomic E-state index is 0.0403. The zero-order chi connectivity index (χ0) is 23.7. The zero-order valence-electron chi connectivity index (χ0n) is 18.3. The van der Waals surface area contributed by atoms with E-state index in [2.05, 4.69) is 20.9 Å². The molecule has 0 spiro atoms. The Labute approximate surface area is 199 Å². The molecule has 1 heterocycles. The smallest absolute Gasteiger partial charge is 0.312 e. The van der Waals surface area contributed by atoms with Gasteiger partial charge in [0.1, 0.15) is 0 Å². The van der Waals surface area contributed by atoms with Crippen molar-refractivity contribution >= 4 is 27.5 Å². The number of halogens is 5. The van der Waals surface area contributed by atoms with Crippen LogP contribution in [0, 0.1) is 5.41 Å². The number of pyridine rings is 1. The normalized spacial score (nSPS) is 24.6. The van der Waals surface area contributed by atoms with E-state index in [0.717, 1.165) is 66.6 Å². The number of alkyl halides is 4. The summed E-state index contributed by atoms with van der Waals surface area (Å²) >= 11 is 3.47. The summed E-state index contributed by atoms with van der Waals surface area (Å²) in [5.41, 5.74) is 0.590.